The van der Waals surface area contributed by atoms with Gasteiger partial charge < -0.3 is 0 Å². The van der Waals surface area contributed by atoms with Gasteiger partial charge in [0.05, 0.1) is 12.1 Å². The Balaban J connectivity index is 2.08. The molecule has 1 aromatic carbocycles. The van der Waals surface area contributed by atoms with Gasteiger partial charge in [-0.25, -0.2) is 14.5 Å². The van der Waals surface area contributed by atoms with Gasteiger partial charge in [-0.2, -0.15) is 5.10 Å². The fraction of sp³-hybridized carbons (Fsp3) is 0.154. The fourth-order valence-corrected chi connectivity index (χ4v) is 2.14. The third-order valence-electron chi connectivity index (χ3n) is 2.96. The molecule has 2 heterocycles. The third kappa shape index (κ3) is 2.13. The number of aromatic nitrogens is 4. The van der Waals surface area contributed by atoms with Crippen LogP contribution in [0.1, 0.15) is 5.56 Å². The Labute approximate surface area is 114 Å². The van der Waals surface area contributed by atoms with Crippen molar-refractivity contribution in [2.75, 3.05) is 0 Å². The molecule has 0 saturated heterocycles. The molecular formula is C13H11ClN4O. The van der Waals surface area contributed by atoms with E-state index < -0.39 is 0 Å². The molecule has 0 fully saturated rings. The van der Waals surface area contributed by atoms with Crippen molar-refractivity contribution in [3.63, 3.8) is 0 Å². The number of hydrogen-bond donors (Lipinski definition) is 0. The van der Waals surface area contributed by atoms with Crippen LogP contribution in [0.2, 0.25) is 5.15 Å². The summed E-state index contributed by atoms with van der Waals surface area (Å²) in [5.41, 5.74) is 1.44. The van der Waals surface area contributed by atoms with Crippen LogP contribution in [0.3, 0.4) is 0 Å². The molecule has 3 rings (SSSR count). The number of pyridine rings is 1. The number of benzene rings is 1. The minimum Gasteiger partial charge on any atom is -0.285 e. The molecule has 0 aliphatic heterocycles. The second-order valence-corrected chi connectivity index (χ2v) is 4.67. The molecule has 0 aliphatic rings. The first kappa shape index (κ1) is 11.9. The lowest BCUT2D eigenvalue weighted by molar-refractivity contribution is 0.646. The van der Waals surface area contributed by atoms with Crippen LogP contribution in [-0.4, -0.2) is 19.3 Å². The molecule has 19 heavy (non-hydrogen) atoms. The smallest absolute Gasteiger partial charge is 0.285 e. The predicted octanol–water partition coefficient (Wildman–Crippen LogP) is 1.83. The van der Waals surface area contributed by atoms with Gasteiger partial charge in [0.2, 0.25) is 0 Å². The summed E-state index contributed by atoms with van der Waals surface area (Å²) in [6, 6.07) is 9.65. The van der Waals surface area contributed by atoms with Crippen molar-refractivity contribution in [2.45, 2.75) is 6.54 Å². The summed E-state index contributed by atoms with van der Waals surface area (Å²) in [6.07, 6.45) is 1.48. The number of rotatable bonds is 2. The Bertz CT molecular complexity index is 806. The Morgan fingerprint density at radius 3 is 2.84 bits per heavy atom. The molecule has 5 nitrogen and oxygen atoms in total. The van der Waals surface area contributed by atoms with Gasteiger partial charge in [-0.05, 0) is 12.1 Å². The van der Waals surface area contributed by atoms with E-state index >= 15 is 0 Å². The topological polar surface area (TPSA) is 52.7 Å². The second-order valence-electron chi connectivity index (χ2n) is 4.31. The summed E-state index contributed by atoms with van der Waals surface area (Å²) in [4.78, 5) is 16.1. The molecule has 6 heteroatoms. The number of nitrogens with zero attached hydrogens (tertiary/aromatic N) is 4. The molecule has 3 aromatic rings. The van der Waals surface area contributed by atoms with Crippen LogP contribution in [-0.2, 0) is 13.6 Å². The summed E-state index contributed by atoms with van der Waals surface area (Å²) in [6.45, 7) is 0.316. The molecule has 0 unspecified atom stereocenters. The highest BCUT2D eigenvalue weighted by molar-refractivity contribution is 6.30. The number of halogens is 1. The zero-order chi connectivity index (χ0) is 13.4. The van der Waals surface area contributed by atoms with E-state index in [0.29, 0.717) is 11.7 Å². The lowest BCUT2D eigenvalue weighted by Crippen LogP contribution is -2.23. The molecule has 96 valence electrons. The van der Waals surface area contributed by atoms with E-state index in [9.17, 15) is 4.79 Å². The Morgan fingerprint density at radius 1 is 1.32 bits per heavy atom. The van der Waals surface area contributed by atoms with Gasteiger partial charge in [0.15, 0.2) is 0 Å². The van der Waals surface area contributed by atoms with Crippen LogP contribution in [0.4, 0.5) is 0 Å². The van der Waals surface area contributed by atoms with Crippen molar-refractivity contribution in [1.29, 1.82) is 0 Å². The van der Waals surface area contributed by atoms with Crippen molar-refractivity contribution in [3.05, 3.63) is 57.9 Å². The van der Waals surface area contributed by atoms with E-state index in [4.69, 9.17) is 11.6 Å². The first-order valence-electron chi connectivity index (χ1n) is 5.78. The van der Waals surface area contributed by atoms with Gasteiger partial charge in [-0.3, -0.25) is 4.57 Å². The summed E-state index contributed by atoms with van der Waals surface area (Å²) in [7, 11) is 1.66. The Morgan fingerprint density at radius 2 is 2.11 bits per heavy atom. The van der Waals surface area contributed by atoms with E-state index in [-0.39, 0.29) is 5.69 Å². The second kappa shape index (κ2) is 4.51. The predicted molar refractivity (Wildman–Crippen MR) is 73.3 cm³/mol. The van der Waals surface area contributed by atoms with Crippen LogP contribution in [0.25, 0.3) is 10.9 Å². The highest BCUT2D eigenvalue weighted by atomic mass is 35.5. The van der Waals surface area contributed by atoms with Gasteiger partial charge in [0.1, 0.15) is 11.5 Å². The van der Waals surface area contributed by atoms with Crippen LogP contribution >= 0.6 is 11.6 Å². The minimum atomic E-state index is -0.177. The highest BCUT2D eigenvalue weighted by Crippen LogP contribution is 2.20. The summed E-state index contributed by atoms with van der Waals surface area (Å²) >= 11 is 6.15. The molecule has 0 spiro atoms. The van der Waals surface area contributed by atoms with Crippen molar-refractivity contribution in [3.8, 4) is 0 Å². The Kier molecular flexibility index (Phi) is 2.83. The zero-order valence-corrected chi connectivity index (χ0v) is 11.0. The van der Waals surface area contributed by atoms with Crippen molar-refractivity contribution < 1.29 is 0 Å². The van der Waals surface area contributed by atoms with Gasteiger partial charge in [0, 0.05) is 18.0 Å². The largest absolute Gasteiger partial charge is 0.345 e. The molecule has 0 N–H and O–H groups in total. The van der Waals surface area contributed by atoms with Crippen molar-refractivity contribution in [1.82, 2.24) is 19.3 Å². The van der Waals surface area contributed by atoms with E-state index in [1.807, 2.05) is 30.3 Å². The highest BCUT2D eigenvalue weighted by Gasteiger charge is 2.08. The summed E-state index contributed by atoms with van der Waals surface area (Å²) in [5, 5.41) is 5.40. The SMILES string of the molecule is Cn1cnn(Cc2cc3ccccc3nc2Cl)c1=O. The van der Waals surface area contributed by atoms with Gasteiger partial charge in [0.25, 0.3) is 0 Å². The number of fused-ring (bicyclic) bond motifs is 1. The average Bonchev–Trinajstić information content (AvgIpc) is 2.71. The molecule has 0 aliphatic carbocycles. The molecular weight excluding hydrogens is 264 g/mol. The van der Waals surface area contributed by atoms with E-state index in [1.165, 1.54) is 15.6 Å². The normalized spacial score (nSPS) is 11.1. The molecule has 0 atom stereocenters. The van der Waals surface area contributed by atoms with Crippen molar-refractivity contribution >= 4 is 22.5 Å². The maximum Gasteiger partial charge on any atom is 0.345 e. The van der Waals surface area contributed by atoms with Crippen LogP contribution in [0, 0.1) is 0 Å². The van der Waals surface area contributed by atoms with Crippen molar-refractivity contribution in [2.24, 2.45) is 7.05 Å². The maximum atomic E-state index is 11.7. The zero-order valence-electron chi connectivity index (χ0n) is 10.2. The first-order valence-corrected chi connectivity index (χ1v) is 6.15. The summed E-state index contributed by atoms with van der Waals surface area (Å²) in [5.74, 6) is 0. The number of para-hydroxylation sites is 1. The van der Waals surface area contributed by atoms with Gasteiger partial charge in [-0.15, -0.1) is 0 Å². The van der Waals surface area contributed by atoms with E-state index in [1.54, 1.807) is 7.05 Å². The molecule has 0 saturated carbocycles. The Hall–Kier alpha value is -2.14. The number of aryl methyl sites for hydroxylation is 1. The maximum absolute atomic E-state index is 11.7. The molecule has 0 radical (unpaired) electrons. The molecule has 0 bridgehead atoms. The van der Waals surface area contributed by atoms with E-state index in [0.717, 1.165) is 16.5 Å². The van der Waals surface area contributed by atoms with Crippen LogP contribution in [0.15, 0.2) is 41.5 Å². The lowest BCUT2D eigenvalue weighted by atomic mass is 10.1. The summed E-state index contributed by atoms with van der Waals surface area (Å²) < 4.78 is 2.78. The third-order valence-corrected chi connectivity index (χ3v) is 3.28. The minimum absolute atomic E-state index is 0.177. The van der Waals surface area contributed by atoms with Gasteiger partial charge in [-0.1, -0.05) is 29.8 Å². The quantitative estimate of drug-likeness (QED) is 0.670. The van der Waals surface area contributed by atoms with Gasteiger partial charge >= 0.3 is 5.69 Å². The number of hydrogen-bond acceptors (Lipinski definition) is 3. The lowest BCUT2D eigenvalue weighted by Gasteiger charge is -2.05. The van der Waals surface area contributed by atoms with E-state index in [2.05, 4.69) is 10.1 Å². The van der Waals surface area contributed by atoms with Crippen LogP contribution in [0.5, 0.6) is 0 Å². The molecule has 2 aromatic heterocycles. The monoisotopic (exact) mass is 274 g/mol. The van der Waals surface area contributed by atoms with Crippen LogP contribution < -0.4 is 5.69 Å². The standard InChI is InChI=1S/C13H11ClN4O/c1-17-8-15-18(13(17)19)7-10-6-9-4-2-3-5-11(9)16-12(10)14/h2-6,8H,7H2,1H3. The molecule has 0 amide bonds. The fourth-order valence-electron chi connectivity index (χ4n) is 1.94. The first-order chi connectivity index (χ1) is 9.15. The average molecular weight is 275 g/mol.